The molecule has 0 aliphatic heterocycles. The van der Waals surface area contributed by atoms with E-state index in [1.165, 1.54) is 0 Å². The van der Waals surface area contributed by atoms with Gasteiger partial charge in [-0.15, -0.1) is 10.2 Å². The third kappa shape index (κ3) is 2.67. The molecule has 0 fully saturated rings. The second kappa shape index (κ2) is 5.33. The van der Waals surface area contributed by atoms with Crippen LogP contribution in [0.5, 0.6) is 0 Å². The van der Waals surface area contributed by atoms with Gasteiger partial charge >= 0.3 is 0 Å². The van der Waals surface area contributed by atoms with E-state index < -0.39 is 0 Å². The van der Waals surface area contributed by atoms with Gasteiger partial charge in [-0.05, 0) is 19.9 Å². The molecular weight excluding hydrogens is 236 g/mol. The maximum Gasteiger partial charge on any atom is 0.193 e. The minimum Gasteiger partial charge on any atom is -0.324 e. The van der Waals surface area contributed by atoms with Gasteiger partial charge in [0.15, 0.2) is 5.16 Å². The van der Waals surface area contributed by atoms with Gasteiger partial charge in [0.25, 0.3) is 0 Å². The summed E-state index contributed by atoms with van der Waals surface area (Å²) in [5, 5.41) is 13.3. The van der Waals surface area contributed by atoms with Crippen LogP contribution in [0.4, 0.5) is 0 Å². The lowest BCUT2D eigenvalue weighted by molar-refractivity contribution is 0.525. The molecule has 0 saturated heterocycles. The van der Waals surface area contributed by atoms with Gasteiger partial charge in [0.2, 0.25) is 0 Å². The predicted molar refractivity (Wildman–Crippen MR) is 66.4 cm³/mol. The maximum absolute atomic E-state index is 5.64. The largest absolute Gasteiger partial charge is 0.324 e. The van der Waals surface area contributed by atoms with Crippen molar-refractivity contribution in [1.82, 2.24) is 24.5 Å². The summed E-state index contributed by atoms with van der Waals surface area (Å²) in [7, 11) is 0. The van der Waals surface area contributed by atoms with E-state index in [0.717, 1.165) is 16.9 Å². The Labute approximate surface area is 104 Å². The lowest BCUT2D eigenvalue weighted by Crippen LogP contribution is -2.11. The Morgan fingerprint density at radius 2 is 2.24 bits per heavy atom. The molecule has 6 nitrogen and oxygen atoms in total. The smallest absolute Gasteiger partial charge is 0.193 e. The summed E-state index contributed by atoms with van der Waals surface area (Å²) in [6.07, 6.45) is 3.69. The zero-order valence-corrected chi connectivity index (χ0v) is 10.8. The van der Waals surface area contributed by atoms with Crippen LogP contribution in [0.1, 0.15) is 25.7 Å². The van der Waals surface area contributed by atoms with Crippen molar-refractivity contribution in [2.24, 2.45) is 5.73 Å². The van der Waals surface area contributed by atoms with E-state index in [2.05, 4.69) is 33.7 Å². The van der Waals surface area contributed by atoms with Crippen molar-refractivity contribution in [3.8, 4) is 0 Å². The summed E-state index contributed by atoms with van der Waals surface area (Å²) in [6, 6.07) is 2.21. The van der Waals surface area contributed by atoms with Crippen molar-refractivity contribution in [1.29, 1.82) is 0 Å². The Hall–Kier alpha value is -1.34. The van der Waals surface area contributed by atoms with Crippen LogP contribution < -0.4 is 5.73 Å². The summed E-state index contributed by atoms with van der Waals surface area (Å²) in [5.41, 5.74) is 5.64. The van der Waals surface area contributed by atoms with E-state index in [-0.39, 0.29) is 0 Å². The number of aromatic nitrogens is 5. The van der Waals surface area contributed by atoms with Crippen molar-refractivity contribution in [2.75, 3.05) is 0 Å². The first-order valence-electron chi connectivity index (χ1n) is 5.46. The normalized spacial score (nSPS) is 11.3. The number of nitrogens with zero attached hydrogens (tertiary/aromatic N) is 5. The van der Waals surface area contributed by atoms with E-state index in [9.17, 15) is 0 Å². The van der Waals surface area contributed by atoms with Gasteiger partial charge in [-0.2, -0.15) is 5.10 Å². The van der Waals surface area contributed by atoms with Gasteiger partial charge in [-0.3, -0.25) is 4.68 Å². The van der Waals surface area contributed by atoms with E-state index in [4.69, 9.17) is 5.73 Å². The fourth-order valence-electron chi connectivity index (χ4n) is 1.56. The van der Waals surface area contributed by atoms with Gasteiger partial charge in [0, 0.05) is 18.4 Å². The molecule has 0 spiro atoms. The number of rotatable bonds is 5. The van der Waals surface area contributed by atoms with Crippen LogP contribution in [-0.2, 0) is 12.4 Å². The van der Waals surface area contributed by atoms with Gasteiger partial charge < -0.3 is 10.3 Å². The van der Waals surface area contributed by atoms with Crippen LogP contribution in [-0.4, -0.2) is 24.5 Å². The molecule has 0 amide bonds. The molecule has 17 heavy (non-hydrogen) atoms. The zero-order valence-electron chi connectivity index (χ0n) is 9.95. The van der Waals surface area contributed by atoms with Crippen LogP contribution in [0, 0.1) is 0 Å². The molecule has 0 aliphatic carbocycles. The van der Waals surface area contributed by atoms with E-state index >= 15 is 0 Å². The molecule has 0 unspecified atom stereocenters. The molecule has 92 valence electrons. The third-order valence-corrected chi connectivity index (χ3v) is 3.25. The van der Waals surface area contributed by atoms with Crippen LogP contribution in [0.3, 0.4) is 0 Å². The lowest BCUT2D eigenvalue weighted by atomic mass is 10.4. The second-order valence-electron chi connectivity index (χ2n) is 3.89. The molecule has 0 bridgehead atoms. The fourth-order valence-corrected chi connectivity index (χ4v) is 2.52. The Bertz CT molecular complexity index is 461. The average molecular weight is 252 g/mol. The SMILES string of the molecule is CC(C)n1c(CN)nnc1SCn1cccn1. The average Bonchev–Trinajstić information content (AvgIpc) is 2.95. The van der Waals surface area contributed by atoms with Gasteiger partial charge in [-0.25, -0.2) is 0 Å². The minimum absolute atomic E-state index is 0.309. The molecule has 2 N–H and O–H groups in total. The topological polar surface area (TPSA) is 74.6 Å². The standard InChI is InChI=1S/C10H16N6S/c1-8(2)16-9(6-11)13-14-10(16)17-7-15-5-3-4-12-15/h3-5,8H,6-7,11H2,1-2H3. The first-order valence-corrected chi connectivity index (χ1v) is 6.45. The monoisotopic (exact) mass is 252 g/mol. The molecule has 2 aromatic rings. The van der Waals surface area contributed by atoms with Gasteiger partial charge in [-0.1, -0.05) is 11.8 Å². The fraction of sp³-hybridized carbons (Fsp3) is 0.500. The van der Waals surface area contributed by atoms with Crippen LogP contribution >= 0.6 is 11.8 Å². The van der Waals surface area contributed by atoms with Crippen LogP contribution in [0.2, 0.25) is 0 Å². The highest BCUT2D eigenvalue weighted by Gasteiger charge is 2.13. The van der Waals surface area contributed by atoms with Crippen LogP contribution in [0.15, 0.2) is 23.6 Å². The summed E-state index contributed by atoms with van der Waals surface area (Å²) in [6.45, 7) is 4.61. The predicted octanol–water partition coefficient (Wildman–Crippen LogP) is 1.26. The van der Waals surface area contributed by atoms with E-state index in [1.807, 2.05) is 16.9 Å². The van der Waals surface area contributed by atoms with Gasteiger partial charge in [0.1, 0.15) is 5.82 Å². The van der Waals surface area contributed by atoms with Crippen molar-refractivity contribution in [3.05, 3.63) is 24.3 Å². The molecule has 0 saturated carbocycles. The minimum atomic E-state index is 0.309. The highest BCUT2D eigenvalue weighted by molar-refractivity contribution is 7.98. The Balaban J connectivity index is 2.12. The quantitative estimate of drug-likeness (QED) is 0.811. The van der Waals surface area contributed by atoms with Crippen LogP contribution in [0.25, 0.3) is 0 Å². The van der Waals surface area contributed by atoms with Crippen molar-refractivity contribution < 1.29 is 0 Å². The molecule has 0 aromatic carbocycles. The second-order valence-corrected chi connectivity index (χ2v) is 4.80. The molecule has 0 atom stereocenters. The maximum atomic E-state index is 5.64. The number of nitrogens with two attached hydrogens (primary N) is 1. The Morgan fingerprint density at radius 1 is 1.41 bits per heavy atom. The first kappa shape index (κ1) is 12.1. The van der Waals surface area contributed by atoms with Gasteiger partial charge in [0.05, 0.1) is 12.4 Å². The third-order valence-electron chi connectivity index (χ3n) is 2.32. The highest BCUT2D eigenvalue weighted by Crippen LogP contribution is 2.22. The number of hydrogen-bond acceptors (Lipinski definition) is 5. The van der Waals surface area contributed by atoms with Crippen molar-refractivity contribution >= 4 is 11.8 Å². The molecule has 2 aromatic heterocycles. The molecular formula is C10H16N6S. The molecule has 2 rings (SSSR count). The molecule has 2 heterocycles. The molecule has 7 heteroatoms. The van der Waals surface area contributed by atoms with E-state index in [1.54, 1.807) is 18.0 Å². The summed E-state index contributed by atoms with van der Waals surface area (Å²) >= 11 is 1.60. The first-order chi connectivity index (χ1) is 8.22. The van der Waals surface area contributed by atoms with Crippen molar-refractivity contribution in [2.45, 2.75) is 37.5 Å². The molecule has 0 aliphatic rings. The number of hydrogen-bond donors (Lipinski definition) is 1. The Kier molecular flexibility index (Phi) is 3.80. The van der Waals surface area contributed by atoms with Crippen molar-refractivity contribution in [3.63, 3.8) is 0 Å². The summed E-state index contributed by atoms with van der Waals surface area (Å²) < 4.78 is 3.92. The number of thioether (sulfide) groups is 1. The molecule has 0 radical (unpaired) electrons. The highest BCUT2D eigenvalue weighted by atomic mass is 32.2. The van der Waals surface area contributed by atoms with E-state index in [0.29, 0.717) is 12.6 Å². The summed E-state index contributed by atoms with van der Waals surface area (Å²) in [4.78, 5) is 0. The Morgan fingerprint density at radius 3 is 2.82 bits per heavy atom. The zero-order chi connectivity index (χ0) is 12.3. The summed E-state index contributed by atoms with van der Waals surface area (Å²) in [5.74, 6) is 1.55. The lowest BCUT2D eigenvalue weighted by Gasteiger charge is -2.12.